The summed E-state index contributed by atoms with van der Waals surface area (Å²) in [6, 6.07) is 0. The molecule has 0 aliphatic heterocycles. The predicted octanol–water partition coefficient (Wildman–Crippen LogP) is 4.93. The van der Waals surface area contributed by atoms with Crippen molar-refractivity contribution in [2.45, 2.75) is 65.2 Å². The van der Waals surface area contributed by atoms with Crippen LogP contribution < -0.4 is 0 Å². The van der Waals surface area contributed by atoms with Crippen LogP contribution in [0.25, 0.3) is 0 Å². The zero-order chi connectivity index (χ0) is 14.9. The van der Waals surface area contributed by atoms with Crippen LogP contribution in [0.1, 0.15) is 19.8 Å². The maximum Gasteiger partial charge on any atom is 0.241 e. The summed E-state index contributed by atoms with van der Waals surface area (Å²) in [6.45, 7) is 19.6. The van der Waals surface area contributed by atoms with Crippen molar-refractivity contribution in [3.8, 4) is 0 Å². The topological polar surface area (TPSA) is 18.5 Å². The number of hydrogen-bond acceptors (Lipinski definition) is 2. The Kier molecular flexibility index (Phi) is 4.91. The van der Waals surface area contributed by atoms with Gasteiger partial charge in [-0.25, -0.2) is 0 Å². The average molecular weight is 299 g/mol. The van der Waals surface area contributed by atoms with Gasteiger partial charge < -0.3 is 8.85 Å². The van der Waals surface area contributed by atoms with E-state index in [1.165, 1.54) is 0 Å². The van der Waals surface area contributed by atoms with E-state index in [1.807, 2.05) is 0 Å². The van der Waals surface area contributed by atoms with E-state index in [4.69, 9.17) is 8.85 Å². The van der Waals surface area contributed by atoms with Gasteiger partial charge in [0.15, 0.2) is 8.32 Å². The van der Waals surface area contributed by atoms with Crippen LogP contribution in [0, 0.1) is 5.41 Å². The van der Waals surface area contributed by atoms with Crippen molar-refractivity contribution in [2.24, 2.45) is 5.41 Å². The Morgan fingerprint density at radius 1 is 1.21 bits per heavy atom. The number of allylic oxidation sites excluding steroid dienone is 1. The molecule has 2 unspecified atom stereocenters. The van der Waals surface area contributed by atoms with Crippen molar-refractivity contribution in [1.29, 1.82) is 0 Å². The summed E-state index contributed by atoms with van der Waals surface area (Å²) in [7, 11) is -3.22. The van der Waals surface area contributed by atoms with Crippen LogP contribution in [0.5, 0.6) is 0 Å². The van der Waals surface area contributed by atoms with E-state index in [1.54, 1.807) is 0 Å². The molecule has 0 bridgehead atoms. The van der Waals surface area contributed by atoms with Gasteiger partial charge in [-0.05, 0) is 58.2 Å². The third-order valence-corrected chi connectivity index (χ3v) is 5.04. The fourth-order valence-corrected chi connectivity index (χ4v) is 4.28. The number of rotatable bonds is 5. The van der Waals surface area contributed by atoms with Gasteiger partial charge in [-0.3, -0.25) is 0 Å². The highest BCUT2D eigenvalue weighted by atomic mass is 28.4. The lowest BCUT2D eigenvalue weighted by Crippen LogP contribution is -2.46. The smallest absolute Gasteiger partial charge is 0.241 e. The molecule has 1 aliphatic carbocycles. The van der Waals surface area contributed by atoms with Crippen molar-refractivity contribution >= 4 is 16.6 Å². The number of hydrogen-bond donors (Lipinski definition) is 0. The third-order valence-electron chi connectivity index (χ3n) is 3.25. The maximum atomic E-state index is 6.44. The first-order chi connectivity index (χ1) is 8.47. The standard InChI is InChI=1S/C15H30O2Si2/c1-9-15(2)12-10-11-13(16-18(3,4)5)14(15)17-19(6,7)8/h9,11,14H,1,10,12H2,2-8H3. The molecule has 110 valence electrons. The summed E-state index contributed by atoms with van der Waals surface area (Å²) in [6.07, 6.45) is 6.46. The van der Waals surface area contributed by atoms with Crippen molar-refractivity contribution in [2.75, 3.05) is 0 Å². The lowest BCUT2D eigenvalue weighted by molar-refractivity contribution is 0.0680. The van der Waals surface area contributed by atoms with Gasteiger partial charge in [-0.2, -0.15) is 0 Å². The molecule has 0 aromatic rings. The van der Waals surface area contributed by atoms with E-state index in [2.05, 4.69) is 64.9 Å². The van der Waals surface area contributed by atoms with Gasteiger partial charge in [-0.1, -0.05) is 13.0 Å². The molecule has 19 heavy (non-hydrogen) atoms. The molecule has 0 saturated carbocycles. The van der Waals surface area contributed by atoms with E-state index < -0.39 is 16.6 Å². The van der Waals surface area contributed by atoms with E-state index in [0.29, 0.717) is 0 Å². The highest BCUT2D eigenvalue weighted by molar-refractivity contribution is 6.70. The SMILES string of the molecule is C=CC1(C)CCC=C(O[Si](C)(C)C)C1O[Si](C)(C)C. The fraction of sp³-hybridized carbons (Fsp3) is 0.733. The Bertz CT molecular complexity index is 363. The highest BCUT2D eigenvalue weighted by Gasteiger charge is 2.41. The molecule has 0 spiro atoms. The molecular weight excluding hydrogens is 268 g/mol. The molecule has 2 nitrogen and oxygen atoms in total. The van der Waals surface area contributed by atoms with Crippen LogP contribution in [0.2, 0.25) is 39.3 Å². The maximum absolute atomic E-state index is 6.44. The van der Waals surface area contributed by atoms with E-state index in [0.717, 1.165) is 18.6 Å². The van der Waals surface area contributed by atoms with Crippen LogP contribution in [-0.4, -0.2) is 22.7 Å². The van der Waals surface area contributed by atoms with Crippen LogP contribution in [0.15, 0.2) is 24.5 Å². The second-order valence-electron chi connectivity index (χ2n) is 7.68. The summed E-state index contributed by atoms with van der Waals surface area (Å²) in [4.78, 5) is 0. The van der Waals surface area contributed by atoms with E-state index in [9.17, 15) is 0 Å². The van der Waals surface area contributed by atoms with Crippen molar-refractivity contribution < 1.29 is 8.85 Å². The highest BCUT2D eigenvalue weighted by Crippen LogP contribution is 2.41. The Balaban J connectivity index is 3.05. The van der Waals surface area contributed by atoms with Gasteiger partial charge in [0, 0.05) is 5.41 Å². The molecule has 0 saturated heterocycles. The minimum Gasteiger partial charge on any atom is -0.546 e. The molecular formula is C15H30O2Si2. The van der Waals surface area contributed by atoms with Gasteiger partial charge in [0.05, 0.1) is 0 Å². The molecule has 4 heteroatoms. The molecule has 0 fully saturated rings. The second kappa shape index (κ2) is 5.58. The van der Waals surface area contributed by atoms with Gasteiger partial charge in [0.25, 0.3) is 0 Å². The van der Waals surface area contributed by atoms with Gasteiger partial charge >= 0.3 is 0 Å². The summed E-state index contributed by atoms with van der Waals surface area (Å²) < 4.78 is 12.7. The Hall–Kier alpha value is -0.326. The van der Waals surface area contributed by atoms with Gasteiger partial charge in [0.1, 0.15) is 11.9 Å². The van der Waals surface area contributed by atoms with Gasteiger partial charge in [0.2, 0.25) is 8.32 Å². The Labute approximate surface area is 121 Å². The van der Waals surface area contributed by atoms with Gasteiger partial charge in [-0.15, -0.1) is 6.58 Å². The summed E-state index contributed by atoms with van der Waals surface area (Å²) in [5, 5.41) is 0. The zero-order valence-corrected chi connectivity index (χ0v) is 15.7. The molecule has 1 aliphatic rings. The van der Waals surface area contributed by atoms with Crippen LogP contribution in [-0.2, 0) is 8.85 Å². The molecule has 0 radical (unpaired) electrons. The van der Waals surface area contributed by atoms with E-state index in [-0.39, 0.29) is 11.5 Å². The summed E-state index contributed by atoms with van der Waals surface area (Å²) in [5.74, 6) is 1.05. The van der Waals surface area contributed by atoms with Crippen molar-refractivity contribution in [1.82, 2.24) is 0 Å². The minimum atomic E-state index is -1.62. The first-order valence-corrected chi connectivity index (χ1v) is 14.0. The van der Waals surface area contributed by atoms with Crippen LogP contribution in [0.4, 0.5) is 0 Å². The van der Waals surface area contributed by atoms with Crippen molar-refractivity contribution in [3.05, 3.63) is 24.5 Å². The fourth-order valence-electron chi connectivity index (χ4n) is 2.29. The molecule has 0 amide bonds. The van der Waals surface area contributed by atoms with Crippen LogP contribution in [0.3, 0.4) is 0 Å². The molecule has 0 aromatic heterocycles. The molecule has 1 rings (SSSR count). The summed E-state index contributed by atoms with van der Waals surface area (Å²) in [5.41, 5.74) is -0.00991. The largest absolute Gasteiger partial charge is 0.546 e. The van der Waals surface area contributed by atoms with Crippen molar-refractivity contribution in [3.63, 3.8) is 0 Å². The lowest BCUT2D eigenvalue weighted by Gasteiger charge is -2.43. The average Bonchev–Trinajstić information content (AvgIpc) is 2.20. The first kappa shape index (κ1) is 16.7. The first-order valence-electron chi connectivity index (χ1n) is 7.17. The Morgan fingerprint density at radius 3 is 2.21 bits per heavy atom. The monoisotopic (exact) mass is 298 g/mol. The summed E-state index contributed by atoms with van der Waals surface area (Å²) >= 11 is 0. The lowest BCUT2D eigenvalue weighted by atomic mass is 9.76. The van der Waals surface area contributed by atoms with E-state index >= 15 is 0 Å². The quantitative estimate of drug-likeness (QED) is 0.529. The third kappa shape index (κ3) is 4.93. The molecule has 0 aromatic carbocycles. The minimum absolute atomic E-state index is 0.00991. The zero-order valence-electron chi connectivity index (χ0n) is 13.7. The second-order valence-corrected chi connectivity index (χ2v) is 16.6. The molecule has 0 N–H and O–H groups in total. The molecule has 2 atom stereocenters. The molecule has 0 heterocycles. The predicted molar refractivity (Wildman–Crippen MR) is 88.3 cm³/mol. The van der Waals surface area contributed by atoms with Crippen LogP contribution >= 0.6 is 0 Å². The Morgan fingerprint density at radius 2 is 1.79 bits per heavy atom. The normalized spacial score (nSPS) is 28.8.